The Kier molecular flexibility index (Phi) is 10.4. The molecule has 1 aliphatic rings. The topological polar surface area (TPSA) is 52.1 Å². The minimum Gasteiger partial charge on any atom is -0.379 e. The highest BCUT2D eigenvalue weighted by Gasteiger charge is 2.23. The van der Waals surface area contributed by atoms with Gasteiger partial charge in [-0.2, -0.15) is 0 Å². The third kappa shape index (κ3) is 7.92. The maximum absolute atomic E-state index is 5.49. The molecule has 25 heavy (non-hydrogen) atoms. The van der Waals surface area contributed by atoms with Crippen LogP contribution in [0.25, 0.3) is 0 Å². The largest absolute Gasteiger partial charge is 0.379 e. The summed E-state index contributed by atoms with van der Waals surface area (Å²) in [6, 6.07) is 1.62. The Hall–Kier alpha value is -0.850. The van der Waals surface area contributed by atoms with E-state index in [-0.39, 0.29) is 0 Å². The predicted molar refractivity (Wildman–Crippen MR) is 107 cm³/mol. The van der Waals surface area contributed by atoms with Crippen molar-refractivity contribution in [2.75, 3.05) is 53.0 Å². The third-order valence-corrected chi connectivity index (χ3v) is 4.98. The highest BCUT2D eigenvalue weighted by Crippen LogP contribution is 2.12. The number of aliphatic imine (C=N–C) groups is 1. The first-order valence-electron chi connectivity index (χ1n) is 9.88. The zero-order valence-electron chi connectivity index (χ0n) is 17.5. The fourth-order valence-electron chi connectivity index (χ4n) is 3.53. The second kappa shape index (κ2) is 11.7. The van der Waals surface area contributed by atoms with E-state index < -0.39 is 0 Å². The zero-order valence-corrected chi connectivity index (χ0v) is 17.5. The van der Waals surface area contributed by atoms with Crippen molar-refractivity contribution in [3.63, 3.8) is 0 Å². The van der Waals surface area contributed by atoms with Gasteiger partial charge in [-0.25, -0.2) is 0 Å². The Morgan fingerprint density at radius 2 is 1.64 bits per heavy atom. The Bertz CT molecular complexity index is 370. The number of morpholine rings is 1. The van der Waals surface area contributed by atoms with Crippen molar-refractivity contribution in [3.05, 3.63) is 0 Å². The summed E-state index contributed by atoms with van der Waals surface area (Å²) in [5.74, 6) is 1.49. The summed E-state index contributed by atoms with van der Waals surface area (Å²) in [6.07, 6.45) is 0. The standard InChI is InChI=1S/C19H41N5O/c1-15(2)18(23-10-12-25-13-11-23)14-22-19(20-7)21-8-9-24(16(3)4)17(5)6/h15-18H,8-14H2,1-7H3,(H2,20,21,22). The molecule has 1 rings (SSSR count). The fraction of sp³-hybridized carbons (Fsp3) is 0.947. The minimum atomic E-state index is 0.505. The lowest BCUT2D eigenvalue weighted by Crippen LogP contribution is -2.53. The number of guanidine groups is 1. The second-order valence-corrected chi connectivity index (χ2v) is 7.76. The molecule has 0 aromatic carbocycles. The van der Waals surface area contributed by atoms with Crippen LogP contribution in [-0.2, 0) is 4.74 Å². The number of hydrogen-bond donors (Lipinski definition) is 2. The van der Waals surface area contributed by atoms with Crippen molar-refractivity contribution < 1.29 is 4.74 Å². The van der Waals surface area contributed by atoms with Crippen LogP contribution in [0.1, 0.15) is 41.5 Å². The Balaban J connectivity index is 2.43. The molecule has 0 aromatic rings. The number of nitrogens with one attached hydrogen (secondary N) is 2. The molecule has 1 fully saturated rings. The molecule has 0 amide bonds. The van der Waals surface area contributed by atoms with E-state index in [1.54, 1.807) is 0 Å². The van der Waals surface area contributed by atoms with E-state index in [9.17, 15) is 0 Å². The van der Waals surface area contributed by atoms with E-state index in [0.717, 1.165) is 51.9 Å². The van der Waals surface area contributed by atoms with E-state index in [2.05, 4.69) is 67.0 Å². The molecule has 6 heteroatoms. The number of ether oxygens (including phenoxy) is 1. The van der Waals surface area contributed by atoms with Crippen molar-refractivity contribution in [3.8, 4) is 0 Å². The van der Waals surface area contributed by atoms with Crippen molar-refractivity contribution in [2.45, 2.75) is 59.7 Å². The van der Waals surface area contributed by atoms with Crippen LogP contribution in [-0.4, -0.2) is 86.9 Å². The van der Waals surface area contributed by atoms with Gasteiger partial charge in [0.25, 0.3) is 0 Å². The Labute approximate surface area is 155 Å². The maximum Gasteiger partial charge on any atom is 0.191 e. The maximum atomic E-state index is 5.49. The van der Waals surface area contributed by atoms with Crippen LogP contribution in [0.15, 0.2) is 4.99 Å². The van der Waals surface area contributed by atoms with Crippen LogP contribution in [0.2, 0.25) is 0 Å². The SMILES string of the molecule is CN=C(NCCN(C(C)C)C(C)C)NCC(C(C)C)N1CCOCC1. The van der Waals surface area contributed by atoms with Gasteiger partial charge in [-0.1, -0.05) is 13.8 Å². The zero-order chi connectivity index (χ0) is 18.8. The molecule has 0 bridgehead atoms. The van der Waals surface area contributed by atoms with Gasteiger partial charge in [0, 0.05) is 57.9 Å². The van der Waals surface area contributed by atoms with Crippen LogP contribution in [0.5, 0.6) is 0 Å². The molecule has 0 radical (unpaired) electrons. The lowest BCUT2D eigenvalue weighted by molar-refractivity contribution is 0.00752. The molecule has 1 atom stereocenters. The summed E-state index contributed by atoms with van der Waals surface area (Å²) >= 11 is 0. The summed E-state index contributed by atoms with van der Waals surface area (Å²) in [4.78, 5) is 9.41. The smallest absolute Gasteiger partial charge is 0.191 e. The average molecular weight is 356 g/mol. The molecule has 148 valence electrons. The predicted octanol–water partition coefficient (Wildman–Crippen LogP) is 1.63. The van der Waals surface area contributed by atoms with Crippen LogP contribution in [0.3, 0.4) is 0 Å². The molecular weight excluding hydrogens is 314 g/mol. The Morgan fingerprint density at radius 1 is 1.04 bits per heavy atom. The van der Waals surface area contributed by atoms with E-state index in [1.807, 2.05) is 7.05 Å². The average Bonchev–Trinajstić information content (AvgIpc) is 2.56. The molecule has 1 unspecified atom stereocenters. The first-order valence-corrected chi connectivity index (χ1v) is 9.88. The van der Waals surface area contributed by atoms with E-state index in [0.29, 0.717) is 24.0 Å². The summed E-state index contributed by atoms with van der Waals surface area (Å²) in [7, 11) is 1.84. The van der Waals surface area contributed by atoms with Crippen molar-refractivity contribution in [2.24, 2.45) is 10.9 Å². The molecule has 0 spiro atoms. The van der Waals surface area contributed by atoms with Crippen LogP contribution >= 0.6 is 0 Å². The number of nitrogens with zero attached hydrogens (tertiary/aromatic N) is 3. The quantitative estimate of drug-likeness (QED) is 0.486. The molecule has 0 aliphatic carbocycles. The normalized spacial score (nSPS) is 18.4. The summed E-state index contributed by atoms with van der Waals surface area (Å²) in [5, 5.41) is 6.98. The van der Waals surface area contributed by atoms with Crippen LogP contribution in [0, 0.1) is 5.92 Å². The molecular formula is C19H41N5O. The molecule has 0 saturated carbocycles. The first-order chi connectivity index (χ1) is 11.9. The summed E-state index contributed by atoms with van der Waals surface area (Å²) in [5.41, 5.74) is 0. The van der Waals surface area contributed by atoms with Crippen molar-refractivity contribution >= 4 is 5.96 Å². The molecule has 0 aromatic heterocycles. The first kappa shape index (κ1) is 22.2. The van der Waals surface area contributed by atoms with Gasteiger partial charge >= 0.3 is 0 Å². The van der Waals surface area contributed by atoms with Crippen molar-refractivity contribution in [1.29, 1.82) is 0 Å². The van der Waals surface area contributed by atoms with E-state index >= 15 is 0 Å². The molecule has 2 N–H and O–H groups in total. The van der Waals surface area contributed by atoms with Gasteiger partial charge < -0.3 is 15.4 Å². The molecule has 1 heterocycles. The lowest BCUT2D eigenvalue weighted by atomic mass is 10.0. The summed E-state index contributed by atoms with van der Waals surface area (Å²) < 4.78 is 5.49. The van der Waals surface area contributed by atoms with Crippen LogP contribution < -0.4 is 10.6 Å². The van der Waals surface area contributed by atoms with Gasteiger partial charge in [0.1, 0.15) is 0 Å². The Morgan fingerprint density at radius 3 is 2.12 bits per heavy atom. The minimum absolute atomic E-state index is 0.505. The van der Waals surface area contributed by atoms with Gasteiger partial charge in [0.05, 0.1) is 13.2 Å². The number of hydrogen-bond acceptors (Lipinski definition) is 4. The van der Waals surface area contributed by atoms with Gasteiger partial charge in [-0.05, 0) is 33.6 Å². The lowest BCUT2D eigenvalue weighted by Gasteiger charge is -2.37. The highest BCUT2D eigenvalue weighted by molar-refractivity contribution is 5.79. The van der Waals surface area contributed by atoms with Gasteiger partial charge in [0.2, 0.25) is 0 Å². The summed E-state index contributed by atoms with van der Waals surface area (Å²) in [6.45, 7) is 20.2. The van der Waals surface area contributed by atoms with Gasteiger partial charge in [-0.3, -0.25) is 14.8 Å². The molecule has 1 aliphatic heterocycles. The van der Waals surface area contributed by atoms with Gasteiger partial charge in [-0.15, -0.1) is 0 Å². The van der Waals surface area contributed by atoms with Gasteiger partial charge in [0.15, 0.2) is 5.96 Å². The molecule has 6 nitrogen and oxygen atoms in total. The molecule has 1 saturated heterocycles. The third-order valence-electron chi connectivity index (χ3n) is 4.98. The van der Waals surface area contributed by atoms with E-state index in [4.69, 9.17) is 4.74 Å². The van der Waals surface area contributed by atoms with Crippen LogP contribution in [0.4, 0.5) is 0 Å². The van der Waals surface area contributed by atoms with Crippen molar-refractivity contribution in [1.82, 2.24) is 20.4 Å². The fourth-order valence-corrected chi connectivity index (χ4v) is 3.53. The highest BCUT2D eigenvalue weighted by atomic mass is 16.5. The number of rotatable bonds is 9. The second-order valence-electron chi connectivity index (χ2n) is 7.76. The van der Waals surface area contributed by atoms with E-state index in [1.165, 1.54) is 0 Å². The monoisotopic (exact) mass is 355 g/mol.